The zero-order chi connectivity index (χ0) is 13.4. The maximum absolute atomic E-state index is 11.0. The molecule has 7 nitrogen and oxygen atoms in total. The summed E-state index contributed by atoms with van der Waals surface area (Å²) in [5.41, 5.74) is -0.236. The number of fused-ring (bicyclic) bond motifs is 1. The van der Waals surface area contributed by atoms with E-state index in [0.717, 1.165) is 25.9 Å². The van der Waals surface area contributed by atoms with Crippen molar-refractivity contribution < 1.29 is 4.92 Å². The van der Waals surface area contributed by atoms with E-state index in [1.165, 1.54) is 12.7 Å². The average molecular weight is 284 g/mol. The normalized spacial score (nSPS) is 26.4. The molecule has 2 fully saturated rings. The van der Waals surface area contributed by atoms with Gasteiger partial charge in [-0.1, -0.05) is 11.6 Å². The lowest BCUT2D eigenvalue weighted by molar-refractivity contribution is -0.384. The third kappa shape index (κ3) is 2.23. The molecule has 8 heteroatoms. The highest BCUT2D eigenvalue weighted by molar-refractivity contribution is 6.31. The van der Waals surface area contributed by atoms with Gasteiger partial charge in [0.1, 0.15) is 6.33 Å². The first-order chi connectivity index (χ1) is 9.16. The van der Waals surface area contributed by atoms with Crippen molar-refractivity contribution in [3.63, 3.8) is 0 Å². The molecular weight excluding hydrogens is 270 g/mol. The molecule has 0 saturated carbocycles. The van der Waals surface area contributed by atoms with Crippen molar-refractivity contribution in [2.24, 2.45) is 0 Å². The maximum Gasteiger partial charge on any atom is 0.348 e. The molecule has 3 rings (SSSR count). The van der Waals surface area contributed by atoms with Crippen LogP contribution < -0.4 is 5.32 Å². The number of aromatic nitrogens is 2. The fraction of sp³-hybridized carbons (Fsp3) is 0.636. The second kappa shape index (κ2) is 4.90. The molecule has 2 atom stereocenters. The molecular formula is C11H14ClN5O2. The van der Waals surface area contributed by atoms with E-state index in [1.807, 2.05) is 0 Å². The first kappa shape index (κ1) is 12.6. The first-order valence-electron chi connectivity index (χ1n) is 6.32. The Kier molecular flexibility index (Phi) is 3.24. The largest absolute Gasteiger partial charge is 0.360 e. The summed E-state index contributed by atoms with van der Waals surface area (Å²) in [5, 5.41) is 14.1. The van der Waals surface area contributed by atoms with E-state index in [2.05, 4.69) is 20.2 Å². The molecule has 2 aliphatic rings. The van der Waals surface area contributed by atoms with Crippen LogP contribution in [0, 0.1) is 10.1 Å². The summed E-state index contributed by atoms with van der Waals surface area (Å²) in [6.45, 7) is 2.16. The summed E-state index contributed by atoms with van der Waals surface area (Å²) in [7, 11) is 0. The van der Waals surface area contributed by atoms with E-state index in [0.29, 0.717) is 6.04 Å². The number of rotatable bonds is 3. The Morgan fingerprint density at radius 3 is 3.05 bits per heavy atom. The molecule has 19 heavy (non-hydrogen) atoms. The van der Waals surface area contributed by atoms with Crippen LogP contribution in [0.3, 0.4) is 0 Å². The zero-order valence-corrected chi connectivity index (χ0v) is 11.0. The fourth-order valence-corrected chi connectivity index (χ4v) is 3.25. The summed E-state index contributed by atoms with van der Waals surface area (Å²) >= 11 is 5.78. The van der Waals surface area contributed by atoms with Crippen LogP contribution in [-0.2, 0) is 0 Å². The number of nitrogens with one attached hydrogen (secondary N) is 1. The van der Waals surface area contributed by atoms with Crippen LogP contribution in [-0.4, -0.2) is 45.0 Å². The van der Waals surface area contributed by atoms with Gasteiger partial charge in [-0.15, -0.1) is 0 Å². The van der Waals surface area contributed by atoms with Gasteiger partial charge in [-0.05, 0) is 25.8 Å². The van der Waals surface area contributed by atoms with Gasteiger partial charge in [-0.25, -0.2) is 9.97 Å². The van der Waals surface area contributed by atoms with Gasteiger partial charge in [0.15, 0.2) is 0 Å². The van der Waals surface area contributed by atoms with Gasteiger partial charge in [-0.3, -0.25) is 15.0 Å². The van der Waals surface area contributed by atoms with Crippen LogP contribution in [0.2, 0.25) is 5.15 Å². The van der Waals surface area contributed by atoms with E-state index < -0.39 is 4.92 Å². The fourth-order valence-electron chi connectivity index (χ4n) is 3.05. The molecule has 0 amide bonds. The molecule has 1 aromatic heterocycles. The minimum Gasteiger partial charge on any atom is -0.360 e. The van der Waals surface area contributed by atoms with Crippen molar-refractivity contribution in [1.82, 2.24) is 14.9 Å². The van der Waals surface area contributed by atoms with Crippen LogP contribution in [0.4, 0.5) is 11.5 Å². The minimum atomic E-state index is -0.536. The number of halogens is 1. The van der Waals surface area contributed by atoms with E-state index in [1.54, 1.807) is 0 Å². The van der Waals surface area contributed by atoms with Gasteiger partial charge in [-0.2, -0.15) is 0 Å². The van der Waals surface area contributed by atoms with Gasteiger partial charge < -0.3 is 5.32 Å². The zero-order valence-electron chi connectivity index (χ0n) is 10.3. The monoisotopic (exact) mass is 283 g/mol. The Hall–Kier alpha value is -1.47. The molecule has 2 aliphatic heterocycles. The number of nitro groups is 1. The highest BCUT2D eigenvalue weighted by atomic mass is 35.5. The van der Waals surface area contributed by atoms with Crippen LogP contribution in [0.5, 0.6) is 0 Å². The van der Waals surface area contributed by atoms with E-state index in [-0.39, 0.29) is 22.7 Å². The highest BCUT2D eigenvalue weighted by Crippen LogP contribution is 2.33. The van der Waals surface area contributed by atoms with Gasteiger partial charge in [0.2, 0.25) is 11.0 Å². The van der Waals surface area contributed by atoms with Crippen molar-refractivity contribution in [3.8, 4) is 0 Å². The van der Waals surface area contributed by atoms with Crippen LogP contribution >= 0.6 is 11.6 Å². The van der Waals surface area contributed by atoms with Crippen LogP contribution in [0.25, 0.3) is 0 Å². The summed E-state index contributed by atoms with van der Waals surface area (Å²) in [6, 6.07) is 0.653. The minimum absolute atomic E-state index is 0.122. The summed E-state index contributed by atoms with van der Waals surface area (Å²) < 4.78 is 0. The van der Waals surface area contributed by atoms with Crippen LogP contribution in [0.15, 0.2) is 6.33 Å². The molecule has 2 saturated heterocycles. The van der Waals surface area contributed by atoms with Crippen LogP contribution in [0.1, 0.15) is 19.3 Å². The topological polar surface area (TPSA) is 84.2 Å². The third-order valence-electron chi connectivity index (χ3n) is 3.89. The molecule has 0 bridgehead atoms. The molecule has 0 aliphatic carbocycles. The van der Waals surface area contributed by atoms with Gasteiger partial charge >= 0.3 is 5.69 Å². The molecule has 1 aromatic rings. The van der Waals surface area contributed by atoms with Crippen molar-refractivity contribution in [3.05, 3.63) is 21.6 Å². The Bertz CT molecular complexity index is 512. The van der Waals surface area contributed by atoms with Crippen molar-refractivity contribution in [1.29, 1.82) is 0 Å². The molecule has 0 aromatic carbocycles. The maximum atomic E-state index is 11.0. The number of anilines is 1. The molecule has 102 valence electrons. The van der Waals surface area contributed by atoms with Crippen molar-refractivity contribution in [2.45, 2.75) is 31.3 Å². The standard InChI is InChI=1S/C11H14ClN5O2/c12-10-9(17(18)19)11(14-6-13-10)15-7-3-5-16-4-1-2-8(7)16/h6-8H,1-5H2,(H,13,14,15). The van der Waals surface area contributed by atoms with E-state index in [9.17, 15) is 10.1 Å². The van der Waals surface area contributed by atoms with Gasteiger partial charge in [0.25, 0.3) is 0 Å². The first-order valence-corrected chi connectivity index (χ1v) is 6.70. The lowest BCUT2D eigenvalue weighted by atomic mass is 10.1. The predicted octanol–water partition coefficient (Wildman–Crippen LogP) is 1.69. The summed E-state index contributed by atoms with van der Waals surface area (Å²) in [5.74, 6) is 0.226. The van der Waals surface area contributed by atoms with Crippen molar-refractivity contribution >= 4 is 23.1 Å². The lowest BCUT2D eigenvalue weighted by Gasteiger charge is -2.21. The number of hydrogen-bond donors (Lipinski definition) is 1. The molecule has 1 N–H and O–H groups in total. The molecule has 3 heterocycles. The highest BCUT2D eigenvalue weighted by Gasteiger charge is 2.38. The Morgan fingerprint density at radius 1 is 1.42 bits per heavy atom. The predicted molar refractivity (Wildman–Crippen MR) is 70.3 cm³/mol. The SMILES string of the molecule is O=[N+]([O-])c1c(Cl)ncnc1NC1CCN2CCCC12. The summed E-state index contributed by atoms with van der Waals surface area (Å²) in [6.07, 6.45) is 4.54. The Balaban J connectivity index is 1.84. The molecule has 0 spiro atoms. The molecule has 2 unspecified atom stereocenters. The Morgan fingerprint density at radius 2 is 2.26 bits per heavy atom. The third-order valence-corrected chi connectivity index (χ3v) is 4.16. The Labute approximate surface area is 115 Å². The number of hydrogen-bond acceptors (Lipinski definition) is 6. The lowest BCUT2D eigenvalue weighted by Crippen LogP contribution is -2.34. The second-order valence-electron chi connectivity index (χ2n) is 4.90. The number of nitrogens with zero attached hydrogens (tertiary/aromatic N) is 4. The smallest absolute Gasteiger partial charge is 0.348 e. The average Bonchev–Trinajstić information content (AvgIpc) is 2.93. The molecule has 0 radical (unpaired) electrons. The quantitative estimate of drug-likeness (QED) is 0.516. The van der Waals surface area contributed by atoms with Gasteiger partial charge in [0.05, 0.1) is 4.92 Å². The van der Waals surface area contributed by atoms with E-state index >= 15 is 0 Å². The summed E-state index contributed by atoms with van der Waals surface area (Å²) in [4.78, 5) is 20.6. The van der Waals surface area contributed by atoms with Gasteiger partial charge in [0, 0.05) is 18.6 Å². The second-order valence-corrected chi connectivity index (χ2v) is 5.26. The van der Waals surface area contributed by atoms with Crippen molar-refractivity contribution in [2.75, 3.05) is 18.4 Å². The van der Waals surface area contributed by atoms with E-state index in [4.69, 9.17) is 11.6 Å².